The van der Waals surface area contributed by atoms with Crippen LogP contribution in [0.15, 0.2) is 65.2 Å². The van der Waals surface area contributed by atoms with Crippen molar-refractivity contribution in [3.63, 3.8) is 0 Å². The number of anilines is 1. The molecule has 0 bridgehead atoms. The first-order chi connectivity index (χ1) is 15.9. The van der Waals surface area contributed by atoms with Crippen molar-refractivity contribution in [2.24, 2.45) is 0 Å². The minimum absolute atomic E-state index is 0.0468. The lowest BCUT2D eigenvalue weighted by atomic mass is 10.1. The lowest BCUT2D eigenvalue weighted by molar-refractivity contribution is -0.119. The number of halogens is 2. The number of rotatable bonds is 7. The third-order valence-corrected chi connectivity index (χ3v) is 4.60. The number of fused-ring (bicyclic) bond motifs is 1. The van der Waals surface area contributed by atoms with E-state index in [9.17, 15) is 18.4 Å². The number of carbonyl (C=O) groups is 2. The second-order valence-corrected chi connectivity index (χ2v) is 6.90. The maximum atomic E-state index is 12.8. The molecule has 4 rings (SSSR count). The molecule has 8 nitrogen and oxygen atoms in total. The monoisotopic (exact) mass is 453 g/mol. The Labute approximate surface area is 186 Å². The Hall–Kier alpha value is -4.34. The van der Waals surface area contributed by atoms with Crippen LogP contribution in [0, 0.1) is 6.92 Å². The summed E-state index contributed by atoms with van der Waals surface area (Å²) >= 11 is 0. The Bertz CT molecular complexity index is 1290. The summed E-state index contributed by atoms with van der Waals surface area (Å²) in [4.78, 5) is 29.4. The minimum atomic E-state index is -2.94. The molecule has 0 saturated carbocycles. The number of nitrogens with zero attached hydrogens (tertiary/aromatic N) is 2. The SMILES string of the molecule is Cc1noc2nc(-c3ccccc3)cc(C(=O)OCC(=O)Nc3ccc(OC(F)F)cc3)c12. The highest BCUT2D eigenvalue weighted by molar-refractivity contribution is 6.05. The van der Waals surface area contributed by atoms with Gasteiger partial charge in [-0.3, -0.25) is 4.79 Å². The summed E-state index contributed by atoms with van der Waals surface area (Å²) in [6.07, 6.45) is 0. The van der Waals surface area contributed by atoms with Crippen LogP contribution in [0.3, 0.4) is 0 Å². The number of carbonyl (C=O) groups excluding carboxylic acids is 2. The van der Waals surface area contributed by atoms with Gasteiger partial charge in [-0.2, -0.15) is 8.78 Å². The Balaban J connectivity index is 1.47. The van der Waals surface area contributed by atoms with E-state index in [1.807, 2.05) is 30.3 Å². The van der Waals surface area contributed by atoms with Crippen molar-refractivity contribution in [1.29, 1.82) is 0 Å². The quantitative estimate of drug-likeness (QED) is 0.408. The Morgan fingerprint density at radius 1 is 1.09 bits per heavy atom. The molecule has 0 aliphatic heterocycles. The normalized spacial score (nSPS) is 10.9. The van der Waals surface area contributed by atoms with Gasteiger partial charge in [-0.1, -0.05) is 35.5 Å². The molecule has 1 amide bonds. The van der Waals surface area contributed by atoms with Crippen LogP contribution in [0.4, 0.5) is 14.5 Å². The van der Waals surface area contributed by atoms with Gasteiger partial charge in [-0.15, -0.1) is 0 Å². The van der Waals surface area contributed by atoms with Crippen LogP contribution in [-0.4, -0.2) is 35.2 Å². The molecule has 2 heterocycles. The minimum Gasteiger partial charge on any atom is -0.452 e. The van der Waals surface area contributed by atoms with E-state index in [0.717, 1.165) is 5.56 Å². The molecule has 0 spiro atoms. The third kappa shape index (κ3) is 5.12. The fourth-order valence-electron chi connectivity index (χ4n) is 3.14. The highest BCUT2D eigenvalue weighted by Crippen LogP contribution is 2.27. The first-order valence-electron chi connectivity index (χ1n) is 9.75. The van der Waals surface area contributed by atoms with E-state index in [2.05, 4.69) is 20.2 Å². The second kappa shape index (κ2) is 9.43. The largest absolute Gasteiger partial charge is 0.452 e. The molecule has 0 radical (unpaired) electrons. The van der Waals surface area contributed by atoms with Gasteiger partial charge in [0.1, 0.15) is 5.75 Å². The van der Waals surface area contributed by atoms with E-state index in [0.29, 0.717) is 22.5 Å². The standard InChI is InChI=1S/C23H17F2N3O5/c1-13-20-17(11-18(27-21(20)33-28-13)14-5-3-2-4-6-14)22(30)31-12-19(29)26-15-7-9-16(10-8-15)32-23(24)25/h2-11,23H,12H2,1H3,(H,26,29). The lowest BCUT2D eigenvalue weighted by Gasteiger charge is -2.09. The molecule has 168 valence electrons. The number of benzene rings is 2. The van der Waals surface area contributed by atoms with Crippen LogP contribution >= 0.6 is 0 Å². The second-order valence-electron chi connectivity index (χ2n) is 6.90. The molecule has 0 fully saturated rings. The van der Waals surface area contributed by atoms with Crippen LogP contribution in [0.2, 0.25) is 0 Å². The van der Waals surface area contributed by atoms with Crippen molar-refractivity contribution in [1.82, 2.24) is 10.1 Å². The number of alkyl halides is 2. The number of esters is 1. The molecule has 4 aromatic rings. The molecule has 0 aliphatic rings. The summed E-state index contributed by atoms with van der Waals surface area (Å²) in [7, 11) is 0. The van der Waals surface area contributed by atoms with Crippen LogP contribution in [0.1, 0.15) is 16.1 Å². The Morgan fingerprint density at radius 2 is 1.82 bits per heavy atom. The fourth-order valence-corrected chi connectivity index (χ4v) is 3.14. The van der Waals surface area contributed by atoms with E-state index in [-0.39, 0.29) is 17.0 Å². The summed E-state index contributed by atoms with van der Waals surface area (Å²) in [5.74, 6) is -1.40. The zero-order chi connectivity index (χ0) is 23.4. The van der Waals surface area contributed by atoms with Gasteiger partial charge in [0.05, 0.1) is 22.3 Å². The number of ether oxygens (including phenoxy) is 2. The lowest BCUT2D eigenvalue weighted by Crippen LogP contribution is -2.21. The maximum absolute atomic E-state index is 12.8. The van der Waals surface area contributed by atoms with Crippen LogP contribution in [0.25, 0.3) is 22.4 Å². The number of pyridine rings is 1. The zero-order valence-corrected chi connectivity index (χ0v) is 17.2. The molecule has 10 heteroatoms. The van der Waals surface area contributed by atoms with Gasteiger partial charge in [0.15, 0.2) is 6.61 Å². The smallest absolute Gasteiger partial charge is 0.387 e. The molecule has 0 aliphatic carbocycles. The average molecular weight is 453 g/mol. The van der Waals surface area contributed by atoms with E-state index in [1.54, 1.807) is 13.0 Å². The van der Waals surface area contributed by atoms with Crippen molar-refractivity contribution in [3.05, 3.63) is 71.9 Å². The van der Waals surface area contributed by atoms with E-state index in [4.69, 9.17) is 9.26 Å². The Morgan fingerprint density at radius 3 is 2.52 bits per heavy atom. The van der Waals surface area contributed by atoms with Crippen LogP contribution < -0.4 is 10.1 Å². The summed E-state index contributed by atoms with van der Waals surface area (Å²) in [5, 5.41) is 6.77. The molecule has 1 N–H and O–H groups in total. The van der Waals surface area contributed by atoms with Gasteiger partial charge in [-0.25, -0.2) is 9.78 Å². The van der Waals surface area contributed by atoms with Gasteiger partial charge in [0.2, 0.25) is 0 Å². The van der Waals surface area contributed by atoms with Gasteiger partial charge < -0.3 is 19.3 Å². The zero-order valence-electron chi connectivity index (χ0n) is 17.2. The number of aryl methyl sites for hydroxylation is 1. The average Bonchev–Trinajstić information content (AvgIpc) is 3.19. The molecule has 0 saturated heterocycles. The third-order valence-electron chi connectivity index (χ3n) is 4.60. The molecule has 0 atom stereocenters. The highest BCUT2D eigenvalue weighted by atomic mass is 19.3. The number of hydrogen-bond acceptors (Lipinski definition) is 7. The first kappa shape index (κ1) is 21.9. The number of aromatic nitrogens is 2. The number of nitrogens with one attached hydrogen (secondary N) is 1. The van der Waals surface area contributed by atoms with Crippen molar-refractivity contribution in [2.75, 3.05) is 11.9 Å². The number of amides is 1. The first-order valence-corrected chi connectivity index (χ1v) is 9.75. The summed E-state index contributed by atoms with van der Waals surface area (Å²) < 4.78 is 39.1. The molecular formula is C23H17F2N3O5. The predicted octanol–water partition coefficient (Wildman–Crippen LogP) is 4.60. The van der Waals surface area contributed by atoms with Gasteiger partial charge in [0.25, 0.3) is 11.6 Å². The van der Waals surface area contributed by atoms with Gasteiger partial charge in [0, 0.05) is 11.3 Å². The van der Waals surface area contributed by atoms with Crippen molar-refractivity contribution >= 4 is 28.7 Å². The van der Waals surface area contributed by atoms with Crippen LogP contribution in [0.5, 0.6) is 5.75 Å². The van der Waals surface area contributed by atoms with Crippen LogP contribution in [-0.2, 0) is 9.53 Å². The molecule has 33 heavy (non-hydrogen) atoms. The van der Waals surface area contributed by atoms with Gasteiger partial charge >= 0.3 is 12.6 Å². The number of hydrogen-bond donors (Lipinski definition) is 1. The van der Waals surface area contributed by atoms with Crippen molar-refractivity contribution in [2.45, 2.75) is 13.5 Å². The summed E-state index contributed by atoms with van der Waals surface area (Å²) in [6, 6.07) is 16.1. The Kier molecular flexibility index (Phi) is 6.25. The van der Waals surface area contributed by atoms with E-state index >= 15 is 0 Å². The topological polar surface area (TPSA) is 104 Å². The highest BCUT2D eigenvalue weighted by Gasteiger charge is 2.21. The summed E-state index contributed by atoms with van der Waals surface area (Å²) in [5.41, 5.74) is 2.38. The molecule has 2 aromatic heterocycles. The van der Waals surface area contributed by atoms with Crippen molar-refractivity contribution < 1.29 is 32.4 Å². The van der Waals surface area contributed by atoms with E-state index in [1.165, 1.54) is 24.3 Å². The van der Waals surface area contributed by atoms with Crippen molar-refractivity contribution in [3.8, 4) is 17.0 Å². The fraction of sp³-hybridized carbons (Fsp3) is 0.130. The molecule has 2 aromatic carbocycles. The van der Waals surface area contributed by atoms with E-state index < -0.39 is 25.1 Å². The predicted molar refractivity (Wildman–Crippen MR) is 114 cm³/mol. The maximum Gasteiger partial charge on any atom is 0.387 e. The summed E-state index contributed by atoms with van der Waals surface area (Å²) in [6.45, 7) is -1.84. The molecule has 0 unspecified atom stereocenters. The van der Waals surface area contributed by atoms with Gasteiger partial charge in [-0.05, 0) is 37.3 Å². The molecular weight excluding hydrogens is 436 g/mol.